The van der Waals surface area contributed by atoms with Crippen LogP contribution in [0.15, 0.2) is 84.9 Å². The van der Waals surface area contributed by atoms with Gasteiger partial charge >= 0.3 is 6.11 Å². The van der Waals surface area contributed by atoms with Crippen molar-refractivity contribution in [3.05, 3.63) is 131 Å². The van der Waals surface area contributed by atoms with Gasteiger partial charge in [0, 0.05) is 17.2 Å². The number of benzene rings is 5. The van der Waals surface area contributed by atoms with Crippen LogP contribution in [-0.2, 0) is 6.11 Å². The van der Waals surface area contributed by atoms with E-state index in [0.29, 0.717) is 36.1 Å². The lowest BCUT2D eigenvalue weighted by Gasteiger charge is -2.20. The van der Waals surface area contributed by atoms with Gasteiger partial charge < -0.3 is 9.47 Å². The Balaban J connectivity index is 1.35. The minimum Gasteiger partial charge on any atom is -0.494 e. The molecule has 5 rings (SSSR count). The monoisotopic (exact) mass is 646 g/mol. The van der Waals surface area contributed by atoms with Crippen LogP contribution in [0.2, 0.25) is 0 Å². The maximum atomic E-state index is 15.0. The summed E-state index contributed by atoms with van der Waals surface area (Å²) in [5.74, 6) is -10.5. The molecular weight excluding hydrogens is 623 g/mol. The minimum atomic E-state index is -4.56. The molecular formula is C35H23F9O2. The molecule has 46 heavy (non-hydrogen) atoms. The minimum absolute atomic E-state index is 0.0157. The number of alkyl halides is 2. The molecule has 0 heterocycles. The van der Waals surface area contributed by atoms with Gasteiger partial charge in [-0.1, -0.05) is 37.6 Å². The lowest BCUT2D eigenvalue weighted by atomic mass is 9.99. The highest BCUT2D eigenvalue weighted by Crippen LogP contribution is 2.39. The van der Waals surface area contributed by atoms with Gasteiger partial charge in [-0.3, -0.25) is 0 Å². The molecule has 0 aliphatic rings. The molecule has 0 unspecified atom stereocenters. The van der Waals surface area contributed by atoms with Crippen molar-refractivity contribution in [2.45, 2.75) is 25.9 Å². The van der Waals surface area contributed by atoms with Crippen molar-refractivity contribution < 1.29 is 49.0 Å². The van der Waals surface area contributed by atoms with Gasteiger partial charge in [-0.05, 0) is 83.3 Å². The van der Waals surface area contributed by atoms with Gasteiger partial charge in [-0.25, -0.2) is 30.7 Å². The largest absolute Gasteiger partial charge is 0.494 e. The van der Waals surface area contributed by atoms with E-state index in [9.17, 15) is 30.7 Å². The maximum absolute atomic E-state index is 15.0. The lowest BCUT2D eigenvalue weighted by Crippen LogP contribution is -2.25. The van der Waals surface area contributed by atoms with E-state index in [1.54, 1.807) is 12.1 Å². The van der Waals surface area contributed by atoms with Crippen LogP contribution in [0.5, 0.6) is 11.5 Å². The quantitative estimate of drug-likeness (QED) is 0.0854. The SMILES string of the molecule is CCCCOc1ccc(-c2cc(F)c(C(F)(F)Oc3ccc(-c4ccc(-c5cc(F)c(F)c(F)c5)c(F)c4)c(F)c3)c(F)c2)cc1. The number of halogens is 9. The molecule has 5 aromatic rings. The fourth-order valence-corrected chi connectivity index (χ4v) is 4.72. The summed E-state index contributed by atoms with van der Waals surface area (Å²) in [7, 11) is 0. The van der Waals surface area contributed by atoms with Gasteiger partial charge in [0.2, 0.25) is 0 Å². The smallest absolute Gasteiger partial charge is 0.432 e. The Kier molecular flexibility index (Phi) is 9.32. The molecule has 0 fully saturated rings. The first-order chi connectivity index (χ1) is 21.9. The van der Waals surface area contributed by atoms with Crippen LogP contribution in [-0.4, -0.2) is 6.61 Å². The second kappa shape index (κ2) is 13.2. The van der Waals surface area contributed by atoms with Crippen molar-refractivity contribution in [2.24, 2.45) is 0 Å². The molecule has 0 bridgehead atoms. The highest BCUT2D eigenvalue weighted by Gasteiger charge is 2.41. The van der Waals surface area contributed by atoms with E-state index in [0.717, 1.165) is 49.2 Å². The molecule has 0 saturated carbocycles. The van der Waals surface area contributed by atoms with Crippen LogP contribution in [0.25, 0.3) is 33.4 Å². The van der Waals surface area contributed by atoms with Crippen molar-refractivity contribution in [3.63, 3.8) is 0 Å². The molecule has 0 amide bonds. The molecule has 0 atom stereocenters. The standard InChI is InChI=1S/C35H23F9O2/c1-2-3-12-45-23-7-4-19(5-8-23)21-14-29(38)33(30(39)15-21)35(43,44)46-24-9-11-25(28(37)18-24)20-6-10-26(27(36)13-20)22-16-31(40)34(42)32(41)17-22/h4-11,13-18H,2-3,12H2,1H3. The predicted octanol–water partition coefficient (Wildman–Crippen LogP) is 11.0. The lowest BCUT2D eigenvalue weighted by molar-refractivity contribution is -0.189. The van der Waals surface area contributed by atoms with Crippen molar-refractivity contribution in [3.8, 4) is 44.9 Å². The fraction of sp³-hybridized carbons (Fsp3) is 0.143. The third kappa shape index (κ3) is 6.83. The molecule has 0 spiro atoms. The van der Waals surface area contributed by atoms with Crippen LogP contribution in [0.4, 0.5) is 39.5 Å². The molecule has 0 radical (unpaired) electrons. The number of unbranched alkanes of at least 4 members (excludes halogenated alkanes) is 1. The Morgan fingerprint density at radius 2 is 1.02 bits per heavy atom. The molecule has 0 saturated heterocycles. The molecule has 0 aromatic heterocycles. The van der Waals surface area contributed by atoms with E-state index in [4.69, 9.17) is 4.74 Å². The first-order valence-electron chi connectivity index (χ1n) is 13.9. The summed E-state index contributed by atoms with van der Waals surface area (Å²) in [6.07, 6.45) is -2.79. The second-order valence-electron chi connectivity index (χ2n) is 10.3. The summed E-state index contributed by atoms with van der Waals surface area (Å²) in [5.41, 5.74) is -2.36. The average molecular weight is 647 g/mol. The summed E-state index contributed by atoms with van der Waals surface area (Å²) in [4.78, 5) is 0. The maximum Gasteiger partial charge on any atom is 0.432 e. The number of hydrogen-bond acceptors (Lipinski definition) is 2. The predicted molar refractivity (Wildman–Crippen MR) is 154 cm³/mol. The molecule has 5 aromatic carbocycles. The third-order valence-corrected chi connectivity index (χ3v) is 7.05. The zero-order chi connectivity index (χ0) is 33.2. The summed E-state index contributed by atoms with van der Waals surface area (Å²) >= 11 is 0. The summed E-state index contributed by atoms with van der Waals surface area (Å²) in [6.45, 7) is 2.50. The first-order valence-corrected chi connectivity index (χ1v) is 13.9. The van der Waals surface area contributed by atoms with E-state index in [2.05, 4.69) is 4.74 Å². The van der Waals surface area contributed by atoms with Crippen LogP contribution >= 0.6 is 0 Å². The second-order valence-corrected chi connectivity index (χ2v) is 10.3. The number of rotatable bonds is 10. The summed E-state index contributed by atoms with van der Waals surface area (Å²) in [5, 5.41) is 0. The third-order valence-electron chi connectivity index (χ3n) is 7.05. The van der Waals surface area contributed by atoms with Gasteiger partial charge in [0.15, 0.2) is 17.5 Å². The zero-order valence-electron chi connectivity index (χ0n) is 23.9. The fourth-order valence-electron chi connectivity index (χ4n) is 4.72. The van der Waals surface area contributed by atoms with E-state index in [1.165, 1.54) is 18.2 Å². The molecule has 0 aliphatic carbocycles. The van der Waals surface area contributed by atoms with Crippen LogP contribution in [0.3, 0.4) is 0 Å². The Labute approximate surface area is 257 Å². The van der Waals surface area contributed by atoms with E-state index in [1.807, 2.05) is 6.92 Å². The van der Waals surface area contributed by atoms with Gasteiger partial charge in [0.1, 0.15) is 40.3 Å². The average Bonchev–Trinajstić information content (AvgIpc) is 2.99. The van der Waals surface area contributed by atoms with Crippen LogP contribution in [0.1, 0.15) is 25.3 Å². The molecule has 0 aliphatic heterocycles. The van der Waals surface area contributed by atoms with Crippen LogP contribution in [0, 0.1) is 40.7 Å². The van der Waals surface area contributed by atoms with Crippen molar-refractivity contribution in [1.82, 2.24) is 0 Å². The Hall–Kier alpha value is -4.93. The number of hydrogen-bond donors (Lipinski definition) is 0. The Bertz CT molecular complexity index is 1840. The van der Waals surface area contributed by atoms with Gasteiger partial charge in [-0.15, -0.1) is 0 Å². The van der Waals surface area contributed by atoms with Crippen LogP contribution < -0.4 is 9.47 Å². The molecule has 238 valence electrons. The summed E-state index contributed by atoms with van der Waals surface area (Å²) < 4.78 is 140. The van der Waals surface area contributed by atoms with Crippen molar-refractivity contribution in [2.75, 3.05) is 6.61 Å². The zero-order valence-corrected chi connectivity index (χ0v) is 23.9. The van der Waals surface area contributed by atoms with E-state index < -0.39 is 58.1 Å². The van der Waals surface area contributed by atoms with Gasteiger partial charge in [-0.2, -0.15) is 8.78 Å². The van der Waals surface area contributed by atoms with Gasteiger partial charge in [0.05, 0.1) is 6.61 Å². The van der Waals surface area contributed by atoms with Crippen molar-refractivity contribution >= 4 is 0 Å². The summed E-state index contributed by atoms with van der Waals surface area (Å²) in [6, 6.07) is 14.3. The Morgan fingerprint density at radius 1 is 0.522 bits per heavy atom. The van der Waals surface area contributed by atoms with Crippen molar-refractivity contribution in [1.29, 1.82) is 0 Å². The number of ether oxygens (including phenoxy) is 2. The highest BCUT2D eigenvalue weighted by molar-refractivity contribution is 5.72. The van der Waals surface area contributed by atoms with E-state index in [-0.39, 0.29) is 27.8 Å². The topological polar surface area (TPSA) is 18.5 Å². The van der Waals surface area contributed by atoms with Gasteiger partial charge in [0.25, 0.3) is 0 Å². The van der Waals surface area contributed by atoms with E-state index >= 15 is 8.78 Å². The normalized spacial score (nSPS) is 11.5. The highest BCUT2D eigenvalue weighted by atomic mass is 19.3. The molecule has 0 N–H and O–H groups in total. The Morgan fingerprint density at radius 3 is 1.61 bits per heavy atom. The first kappa shape index (κ1) is 32.5. The molecule has 2 nitrogen and oxygen atoms in total. The molecule has 11 heteroatoms.